The van der Waals surface area contributed by atoms with Crippen LogP contribution in [-0.2, 0) is 22.6 Å². The lowest BCUT2D eigenvalue weighted by Gasteiger charge is -2.25. The third-order valence-corrected chi connectivity index (χ3v) is 5.49. The molecule has 0 atom stereocenters. The maximum Gasteiger partial charge on any atom is 0.270 e. The minimum absolute atomic E-state index is 0.0250. The third-order valence-electron chi connectivity index (χ3n) is 4.36. The summed E-state index contributed by atoms with van der Waals surface area (Å²) >= 11 is 1.29. The summed E-state index contributed by atoms with van der Waals surface area (Å²) in [7, 11) is 0. The number of non-ortho nitro benzene ring substituents is 1. The first-order valence-electron chi connectivity index (χ1n) is 8.42. The number of carbonyl (C=O) groups excluding carboxylic acids is 2. The van der Waals surface area contributed by atoms with Gasteiger partial charge in [0.25, 0.3) is 5.69 Å². The number of nitrogens with zero attached hydrogens (tertiary/aromatic N) is 3. The van der Waals surface area contributed by atoms with Crippen molar-refractivity contribution in [2.45, 2.75) is 19.9 Å². The summed E-state index contributed by atoms with van der Waals surface area (Å²) in [4.78, 5) is 36.7. The van der Waals surface area contributed by atoms with Gasteiger partial charge in [-0.2, -0.15) is 5.26 Å². The van der Waals surface area contributed by atoms with Gasteiger partial charge in [-0.3, -0.25) is 19.7 Å². The fraction of sp³-hybridized carbons (Fsp3) is 0.211. The molecule has 2 amide bonds. The van der Waals surface area contributed by atoms with E-state index in [0.29, 0.717) is 35.6 Å². The van der Waals surface area contributed by atoms with Crippen LogP contribution in [-0.4, -0.2) is 28.2 Å². The number of anilines is 1. The Labute approximate surface area is 164 Å². The first-order chi connectivity index (χ1) is 13.4. The molecule has 0 saturated heterocycles. The molecule has 2 aromatic rings. The van der Waals surface area contributed by atoms with Gasteiger partial charge in [0.2, 0.25) is 11.8 Å². The van der Waals surface area contributed by atoms with Gasteiger partial charge in [-0.25, -0.2) is 0 Å². The van der Waals surface area contributed by atoms with Gasteiger partial charge in [0, 0.05) is 36.6 Å². The van der Waals surface area contributed by atoms with E-state index in [2.05, 4.69) is 11.4 Å². The number of carbonyl (C=O) groups is 2. The van der Waals surface area contributed by atoms with Crippen LogP contribution in [0, 0.1) is 21.4 Å². The summed E-state index contributed by atoms with van der Waals surface area (Å²) in [5.74, 6) is -0.465. The van der Waals surface area contributed by atoms with E-state index in [-0.39, 0.29) is 11.6 Å². The van der Waals surface area contributed by atoms with Crippen molar-refractivity contribution in [3.05, 3.63) is 62.0 Å². The minimum Gasteiger partial charge on any atom is -0.337 e. The second kappa shape index (κ2) is 8.02. The van der Waals surface area contributed by atoms with Gasteiger partial charge < -0.3 is 10.2 Å². The van der Waals surface area contributed by atoms with Crippen molar-refractivity contribution in [1.29, 1.82) is 5.26 Å². The van der Waals surface area contributed by atoms with Gasteiger partial charge in [0.1, 0.15) is 11.1 Å². The molecule has 28 heavy (non-hydrogen) atoms. The Hall–Kier alpha value is -3.51. The highest BCUT2D eigenvalue weighted by Gasteiger charge is 2.26. The minimum atomic E-state index is -0.503. The summed E-state index contributed by atoms with van der Waals surface area (Å²) < 4.78 is 0. The Morgan fingerprint density at radius 1 is 1.43 bits per heavy atom. The molecule has 8 nitrogen and oxygen atoms in total. The van der Waals surface area contributed by atoms with Gasteiger partial charge in [0.05, 0.1) is 17.0 Å². The van der Waals surface area contributed by atoms with Crippen molar-refractivity contribution < 1.29 is 14.5 Å². The molecule has 0 bridgehead atoms. The Balaban J connectivity index is 1.76. The molecule has 0 spiro atoms. The number of benzene rings is 1. The zero-order valence-electron chi connectivity index (χ0n) is 15.0. The first kappa shape index (κ1) is 19.3. The molecule has 0 unspecified atom stereocenters. The highest BCUT2D eigenvalue weighted by molar-refractivity contribution is 7.16. The standard InChI is InChI=1S/C19H16N4O4S/c1-12(24)22-8-7-15-16(10-20)19(28-17(15)11-22)21-18(25)6-5-13-3-2-4-14(9-13)23(26)27/h2-6,9H,7-8,11H2,1H3,(H,21,25). The highest BCUT2D eigenvalue weighted by Crippen LogP contribution is 2.36. The van der Waals surface area contributed by atoms with Crippen LogP contribution in [0.15, 0.2) is 30.3 Å². The predicted molar refractivity (Wildman–Crippen MR) is 105 cm³/mol. The Morgan fingerprint density at radius 2 is 2.21 bits per heavy atom. The van der Waals surface area contributed by atoms with Gasteiger partial charge in [-0.05, 0) is 23.6 Å². The number of hydrogen-bond donors (Lipinski definition) is 1. The number of nitrogens with one attached hydrogen (secondary N) is 1. The molecule has 1 aliphatic heterocycles. The van der Waals surface area contributed by atoms with E-state index in [4.69, 9.17) is 0 Å². The summed E-state index contributed by atoms with van der Waals surface area (Å²) in [5, 5.41) is 23.5. The van der Waals surface area contributed by atoms with Crippen molar-refractivity contribution in [2.75, 3.05) is 11.9 Å². The summed E-state index contributed by atoms with van der Waals surface area (Å²) in [6, 6.07) is 8.07. The maximum atomic E-state index is 12.3. The van der Waals surface area contributed by atoms with Crippen molar-refractivity contribution >= 4 is 39.9 Å². The van der Waals surface area contributed by atoms with Gasteiger partial charge in [-0.1, -0.05) is 12.1 Å². The molecule has 142 valence electrons. The maximum absolute atomic E-state index is 12.3. The second-order valence-corrected chi connectivity index (χ2v) is 7.29. The molecule has 1 aromatic carbocycles. The number of thiophene rings is 1. The smallest absolute Gasteiger partial charge is 0.270 e. The number of hydrogen-bond acceptors (Lipinski definition) is 6. The van der Waals surface area contributed by atoms with Gasteiger partial charge in [0.15, 0.2) is 0 Å². The number of nitro benzene ring substituents is 1. The van der Waals surface area contributed by atoms with Crippen LogP contribution in [0.4, 0.5) is 10.7 Å². The van der Waals surface area contributed by atoms with Crippen molar-refractivity contribution in [2.24, 2.45) is 0 Å². The predicted octanol–water partition coefficient (Wildman–Crippen LogP) is 3.08. The van der Waals surface area contributed by atoms with Crippen LogP contribution in [0.3, 0.4) is 0 Å². The summed E-state index contributed by atoms with van der Waals surface area (Å²) in [6.45, 7) is 2.49. The van der Waals surface area contributed by atoms with E-state index in [0.717, 1.165) is 10.4 Å². The van der Waals surface area contributed by atoms with Crippen LogP contribution in [0.25, 0.3) is 6.08 Å². The van der Waals surface area contributed by atoms with Crippen molar-refractivity contribution in [3.63, 3.8) is 0 Å². The second-order valence-electron chi connectivity index (χ2n) is 6.18. The topological polar surface area (TPSA) is 116 Å². The van der Waals surface area contributed by atoms with Crippen LogP contribution >= 0.6 is 11.3 Å². The van der Waals surface area contributed by atoms with E-state index in [1.165, 1.54) is 48.6 Å². The van der Waals surface area contributed by atoms with Crippen molar-refractivity contribution in [3.8, 4) is 6.07 Å². The Bertz CT molecular complexity index is 1040. The lowest BCUT2D eigenvalue weighted by atomic mass is 10.0. The van der Waals surface area contributed by atoms with Crippen LogP contribution < -0.4 is 5.32 Å². The van der Waals surface area contributed by atoms with Crippen LogP contribution in [0.5, 0.6) is 0 Å². The molecule has 2 heterocycles. The summed E-state index contributed by atoms with van der Waals surface area (Å²) in [6.07, 6.45) is 3.31. The molecule has 3 rings (SSSR count). The molecular formula is C19H16N4O4S. The zero-order chi connectivity index (χ0) is 20.3. The quantitative estimate of drug-likeness (QED) is 0.484. The first-order valence-corrected chi connectivity index (χ1v) is 9.24. The normalized spacial score (nSPS) is 13.1. The van der Waals surface area contributed by atoms with E-state index >= 15 is 0 Å². The fourth-order valence-corrected chi connectivity index (χ4v) is 4.16. The van der Waals surface area contributed by atoms with E-state index < -0.39 is 10.8 Å². The average molecular weight is 396 g/mol. The van der Waals surface area contributed by atoms with Crippen LogP contribution in [0.2, 0.25) is 0 Å². The number of nitriles is 1. The Kier molecular flexibility index (Phi) is 5.52. The molecule has 0 saturated carbocycles. The molecule has 1 N–H and O–H groups in total. The molecular weight excluding hydrogens is 380 g/mol. The fourth-order valence-electron chi connectivity index (χ4n) is 2.95. The number of rotatable bonds is 4. The van der Waals surface area contributed by atoms with E-state index in [1.54, 1.807) is 11.0 Å². The highest BCUT2D eigenvalue weighted by atomic mass is 32.1. The summed E-state index contributed by atoms with van der Waals surface area (Å²) in [5.41, 5.74) is 1.77. The van der Waals surface area contributed by atoms with Gasteiger partial charge >= 0.3 is 0 Å². The third kappa shape index (κ3) is 4.07. The number of amides is 2. The monoisotopic (exact) mass is 396 g/mol. The average Bonchev–Trinajstić information content (AvgIpc) is 3.02. The lowest BCUT2D eigenvalue weighted by Crippen LogP contribution is -2.33. The molecule has 1 aliphatic rings. The number of fused-ring (bicyclic) bond motifs is 1. The zero-order valence-corrected chi connectivity index (χ0v) is 15.8. The largest absolute Gasteiger partial charge is 0.337 e. The number of nitro groups is 1. The molecule has 0 aliphatic carbocycles. The lowest BCUT2D eigenvalue weighted by molar-refractivity contribution is -0.384. The molecule has 0 fully saturated rings. The van der Waals surface area contributed by atoms with E-state index in [9.17, 15) is 25.0 Å². The SMILES string of the molecule is CC(=O)N1CCc2c(sc(NC(=O)C=Cc3cccc([N+](=O)[O-])c3)c2C#N)C1. The molecule has 0 radical (unpaired) electrons. The van der Waals surface area contributed by atoms with Gasteiger partial charge in [-0.15, -0.1) is 11.3 Å². The molecule has 9 heteroatoms. The van der Waals surface area contributed by atoms with E-state index in [1.807, 2.05) is 0 Å². The Morgan fingerprint density at radius 3 is 2.89 bits per heavy atom. The van der Waals surface area contributed by atoms with Crippen molar-refractivity contribution in [1.82, 2.24) is 4.90 Å². The molecule has 1 aromatic heterocycles. The van der Waals surface area contributed by atoms with Crippen LogP contribution in [0.1, 0.15) is 28.5 Å².